The Morgan fingerprint density at radius 3 is 1.57 bits per heavy atom. The molecular weight excluding hydrogens is 931 g/mol. The first-order valence-electron chi connectivity index (χ1n) is 23.8. The van der Waals surface area contributed by atoms with Crippen LogP contribution in [0, 0.1) is 11.6 Å². The van der Waals surface area contributed by atoms with Crippen LogP contribution in [0.25, 0.3) is 21.8 Å². The summed E-state index contributed by atoms with van der Waals surface area (Å²) in [4.78, 5) is 72.6. The zero-order valence-electron chi connectivity index (χ0n) is 41.2. The highest BCUT2D eigenvalue weighted by atomic mass is 19.1. The molecule has 5 atom stereocenters. The Labute approximate surface area is 416 Å². The number of benzene rings is 4. The molecule has 2 saturated heterocycles. The molecule has 2 aliphatic heterocycles. The standard InChI is InChI=1S/C27H32FN3O5.C27H30FN3O5/c2*1-27(2,3)36-26(34)31-15-19(32)12-24(31)22(21-13-29-23-11-18(28)9-10-20(21)23)14-30-25(33)35-16-17-7-5-4-6-8-17/h4-11,13,19,22,24,29,32H,12,14-16H2,1-3H3,(H,30,33);4-11,13,22,24,29H,12,14-16H2,1-3H3,(H,30,33)/t19-,22-,24+;22-,24+/m11/s1. The Morgan fingerprint density at radius 2 is 1.11 bits per heavy atom. The number of Topliss-reactive ketones (excluding diaryl/α,β-unsaturated/α-hetero) is 1. The molecule has 2 fully saturated rings. The first-order chi connectivity index (χ1) is 34.2. The first kappa shape index (κ1) is 52.4. The first-order valence-corrected chi connectivity index (χ1v) is 23.8. The predicted molar refractivity (Wildman–Crippen MR) is 265 cm³/mol. The summed E-state index contributed by atoms with van der Waals surface area (Å²) in [5.41, 5.74) is 2.99. The lowest BCUT2D eigenvalue weighted by molar-refractivity contribution is -0.117. The largest absolute Gasteiger partial charge is 0.445 e. The molecule has 0 aliphatic carbocycles. The molecule has 5 N–H and O–H groups in total. The molecule has 72 heavy (non-hydrogen) atoms. The molecule has 4 amide bonds. The van der Waals surface area contributed by atoms with Gasteiger partial charge in [0.05, 0.1) is 25.2 Å². The fourth-order valence-corrected chi connectivity index (χ4v) is 9.05. The number of hydrogen-bond acceptors (Lipinski definition) is 10. The van der Waals surface area contributed by atoms with E-state index in [2.05, 4.69) is 20.6 Å². The van der Waals surface area contributed by atoms with Gasteiger partial charge >= 0.3 is 24.4 Å². The molecular formula is C54H62F2N6O10. The summed E-state index contributed by atoms with van der Waals surface area (Å²) < 4.78 is 49.4. The zero-order chi connectivity index (χ0) is 51.7. The molecule has 8 rings (SSSR count). The lowest BCUT2D eigenvalue weighted by Gasteiger charge is -2.33. The molecule has 16 nitrogen and oxygen atoms in total. The number of aliphatic hydroxyl groups excluding tert-OH is 1. The Balaban J connectivity index is 0.000000211. The van der Waals surface area contributed by atoms with Crippen LogP contribution in [0.15, 0.2) is 109 Å². The van der Waals surface area contributed by atoms with Gasteiger partial charge in [-0.3, -0.25) is 9.69 Å². The van der Waals surface area contributed by atoms with Crippen molar-refractivity contribution in [2.24, 2.45) is 0 Å². The fraction of sp³-hybridized carbons (Fsp3) is 0.389. The summed E-state index contributed by atoms with van der Waals surface area (Å²) in [6.07, 6.45) is 0.799. The second kappa shape index (κ2) is 22.7. The van der Waals surface area contributed by atoms with Crippen LogP contribution >= 0.6 is 0 Å². The zero-order valence-corrected chi connectivity index (χ0v) is 41.2. The van der Waals surface area contributed by atoms with Gasteiger partial charge in [0.15, 0.2) is 5.78 Å². The Kier molecular flexibility index (Phi) is 16.5. The fourth-order valence-electron chi connectivity index (χ4n) is 9.05. The maximum Gasteiger partial charge on any atom is 0.410 e. The van der Waals surface area contributed by atoms with Crippen molar-refractivity contribution >= 4 is 52.0 Å². The number of nitrogens with one attached hydrogen (secondary N) is 4. The Morgan fingerprint density at radius 1 is 0.667 bits per heavy atom. The average molecular weight is 993 g/mol. The van der Waals surface area contributed by atoms with Gasteiger partial charge in [0.25, 0.3) is 0 Å². The van der Waals surface area contributed by atoms with Crippen LogP contribution in [-0.4, -0.2) is 111 Å². The molecule has 0 saturated carbocycles. The normalized spacial score (nSPS) is 17.7. The van der Waals surface area contributed by atoms with E-state index in [9.17, 15) is 37.9 Å². The predicted octanol–water partition coefficient (Wildman–Crippen LogP) is 9.58. The van der Waals surface area contributed by atoms with Crippen molar-refractivity contribution in [1.29, 1.82) is 0 Å². The van der Waals surface area contributed by atoms with Gasteiger partial charge in [-0.05, 0) is 107 Å². The minimum atomic E-state index is -0.738. The number of hydrogen-bond donors (Lipinski definition) is 5. The number of halogens is 2. The van der Waals surface area contributed by atoms with Crippen molar-refractivity contribution in [3.63, 3.8) is 0 Å². The van der Waals surface area contributed by atoms with Crippen LogP contribution in [-0.2, 0) is 37.0 Å². The summed E-state index contributed by atoms with van der Waals surface area (Å²) in [5, 5.41) is 17.6. The molecule has 18 heteroatoms. The number of carbonyl (C=O) groups is 5. The van der Waals surface area contributed by atoms with Gasteiger partial charge in [-0.2, -0.15) is 0 Å². The van der Waals surface area contributed by atoms with Crippen molar-refractivity contribution in [3.8, 4) is 0 Å². The highest BCUT2D eigenvalue weighted by Crippen LogP contribution is 2.37. The Hall–Kier alpha value is -7.47. The second-order valence-electron chi connectivity index (χ2n) is 20.0. The number of likely N-dealkylation sites (tertiary alicyclic amines) is 2. The van der Waals surface area contributed by atoms with Crippen molar-refractivity contribution in [2.75, 3.05) is 26.2 Å². The van der Waals surface area contributed by atoms with Crippen molar-refractivity contribution < 1.29 is 56.8 Å². The summed E-state index contributed by atoms with van der Waals surface area (Å²) in [6.45, 7) is 11.1. The van der Waals surface area contributed by atoms with Gasteiger partial charge in [-0.1, -0.05) is 60.7 Å². The van der Waals surface area contributed by atoms with E-state index >= 15 is 0 Å². The topological polar surface area (TPSA) is 205 Å². The van der Waals surface area contributed by atoms with Gasteiger partial charge in [-0.25, -0.2) is 28.0 Å². The number of alkyl carbamates (subject to hydrolysis) is 2. The number of β-amino-alcohol motifs (C(OH)–C–C–N with tert-alkyl or cyclic N) is 1. The molecule has 382 valence electrons. The second-order valence-corrected chi connectivity index (χ2v) is 20.0. The number of H-pyrrole nitrogens is 2. The monoisotopic (exact) mass is 992 g/mol. The molecule has 0 unspecified atom stereocenters. The SMILES string of the molecule is CC(C)(C)OC(=O)N1CC(=O)C[C@H]1[C@H](CNC(=O)OCc1ccccc1)c1c[nH]c2cc(F)ccc12.CC(C)(C)OC(=O)N1C[C@H](O)C[C@H]1[C@H](CNC(=O)OCc1ccccc1)c1c[nH]c2cc(F)ccc12. The quantitative estimate of drug-likeness (QED) is 0.0735. The lowest BCUT2D eigenvalue weighted by atomic mass is 9.89. The highest BCUT2D eigenvalue weighted by Gasteiger charge is 2.44. The van der Waals surface area contributed by atoms with E-state index in [1.54, 1.807) is 66.1 Å². The summed E-state index contributed by atoms with van der Waals surface area (Å²) in [7, 11) is 0. The number of rotatable bonds is 12. The van der Waals surface area contributed by atoms with Crippen LogP contribution in [0.4, 0.5) is 28.0 Å². The third-order valence-electron chi connectivity index (χ3n) is 12.2. The number of nitrogens with zero attached hydrogens (tertiary/aromatic N) is 2. The molecule has 2 aromatic heterocycles. The summed E-state index contributed by atoms with van der Waals surface area (Å²) >= 11 is 0. The van der Waals surface area contributed by atoms with Crippen LogP contribution < -0.4 is 10.6 Å². The van der Waals surface area contributed by atoms with E-state index in [4.69, 9.17) is 18.9 Å². The molecule has 6 aromatic rings. The number of amides is 4. The number of aromatic nitrogens is 2. The van der Waals surface area contributed by atoms with E-state index in [0.717, 1.165) is 33.0 Å². The summed E-state index contributed by atoms with van der Waals surface area (Å²) in [6, 6.07) is 26.4. The van der Waals surface area contributed by atoms with Crippen molar-refractivity contribution in [3.05, 3.63) is 143 Å². The van der Waals surface area contributed by atoms with Crippen LogP contribution in [0.3, 0.4) is 0 Å². The van der Waals surface area contributed by atoms with Crippen LogP contribution in [0.5, 0.6) is 0 Å². The van der Waals surface area contributed by atoms with Crippen LogP contribution in [0.2, 0.25) is 0 Å². The third kappa shape index (κ3) is 13.9. The highest BCUT2D eigenvalue weighted by molar-refractivity contribution is 5.90. The van der Waals surface area contributed by atoms with E-state index in [1.807, 2.05) is 60.7 Å². The smallest absolute Gasteiger partial charge is 0.410 e. The average Bonchev–Trinajstić information content (AvgIpc) is 4.13. The molecule has 0 spiro atoms. The molecule has 0 bridgehead atoms. The number of carbonyl (C=O) groups excluding carboxylic acids is 5. The van der Waals surface area contributed by atoms with Crippen LogP contribution in [0.1, 0.15) is 88.5 Å². The van der Waals surface area contributed by atoms with Gasteiger partial charge < -0.3 is 49.6 Å². The van der Waals surface area contributed by atoms with Gasteiger partial charge in [-0.15, -0.1) is 0 Å². The minimum absolute atomic E-state index is 0.0779. The number of fused-ring (bicyclic) bond motifs is 2. The summed E-state index contributed by atoms with van der Waals surface area (Å²) in [5.74, 6) is -1.76. The molecule has 0 radical (unpaired) electrons. The minimum Gasteiger partial charge on any atom is -0.445 e. The molecule has 4 aromatic carbocycles. The van der Waals surface area contributed by atoms with Gasteiger partial charge in [0, 0.05) is 71.6 Å². The number of ketones is 1. The maximum absolute atomic E-state index is 13.8. The Bertz CT molecular complexity index is 2840. The third-order valence-corrected chi connectivity index (χ3v) is 12.2. The van der Waals surface area contributed by atoms with E-state index in [0.29, 0.717) is 17.5 Å². The van der Waals surface area contributed by atoms with Gasteiger partial charge in [0.1, 0.15) is 36.1 Å². The maximum atomic E-state index is 13.8. The molecule has 4 heterocycles. The number of ether oxygens (including phenoxy) is 4. The van der Waals surface area contributed by atoms with E-state index in [-0.39, 0.29) is 63.2 Å². The molecule has 2 aliphatic rings. The number of aromatic amines is 2. The van der Waals surface area contributed by atoms with E-state index < -0.39 is 65.6 Å². The lowest BCUT2D eigenvalue weighted by Crippen LogP contribution is -2.45. The van der Waals surface area contributed by atoms with Gasteiger partial charge in [0.2, 0.25) is 0 Å². The van der Waals surface area contributed by atoms with Crippen molar-refractivity contribution in [2.45, 2.75) is 109 Å². The van der Waals surface area contributed by atoms with E-state index in [1.165, 1.54) is 34.1 Å². The van der Waals surface area contributed by atoms with Crippen molar-refractivity contribution in [1.82, 2.24) is 30.4 Å². The number of aliphatic hydroxyl groups is 1.